The van der Waals surface area contributed by atoms with Gasteiger partial charge in [-0.1, -0.05) is 0 Å². The molecule has 8 nitrogen and oxygen atoms in total. The molecular formula is C16H26ClN3O5S. The molecule has 0 aliphatic carbocycles. The van der Waals surface area contributed by atoms with Crippen LogP contribution in [0, 0.1) is 0 Å². The van der Waals surface area contributed by atoms with E-state index in [0.717, 1.165) is 6.42 Å². The number of ether oxygens (including phenoxy) is 2. The lowest BCUT2D eigenvalue weighted by Gasteiger charge is -2.16. The first-order valence-corrected chi connectivity index (χ1v) is 9.73. The van der Waals surface area contributed by atoms with E-state index in [2.05, 4.69) is 10.0 Å². The molecular weight excluding hydrogens is 382 g/mol. The minimum absolute atomic E-state index is 0. The molecule has 0 saturated carbocycles. The van der Waals surface area contributed by atoms with Gasteiger partial charge in [-0.15, -0.1) is 12.4 Å². The Hall–Kier alpha value is -1.55. The molecule has 1 amide bonds. The van der Waals surface area contributed by atoms with Crippen molar-refractivity contribution in [2.24, 2.45) is 5.73 Å². The van der Waals surface area contributed by atoms with Gasteiger partial charge >= 0.3 is 0 Å². The predicted molar refractivity (Wildman–Crippen MR) is 100 cm³/mol. The second kappa shape index (κ2) is 9.96. The smallest absolute Gasteiger partial charge is 0.241 e. The molecule has 0 radical (unpaired) electrons. The van der Waals surface area contributed by atoms with Crippen molar-refractivity contribution in [3.63, 3.8) is 0 Å². The van der Waals surface area contributed by atoms with Crippen LogP contribution in [0.25, 0.3) is 0 Å². The molecule has 0 aromatic heterocycles. The van der Waals surface area contributed by atoms with E-state index in [1.807, 2.05) is 6.92 Å². The number of halogens is 1. The SMILES string of the molecule is CC(N)CCNC(=O)C(C)NS(=O)(=O)c1ccc2c(c1)OCCCO2.Cl. The van der Waals surface area contributed by atoms with Crippen molar-refractivity contribution < 1.29 is 22.7 Å². The van der Waals surface area contributed by atoms with Crippen LogP contribution in [-0.4, -0.2) is 46.2 Å². The van der Waals surface area contributed by atoms with E-state index in [1.54, 1.807) is 6.07 Å². The summed E-state index contributed by atoms with van der Waals surface area (Å²) in [5.41, 5.74) is 5.61. The third-order valence-electron chi connectivity index (χ3n) is 3.65. The van der Waals surface area contributed by atoms with Gasteiger partial charge in [-0.3, -0.25) is 4.79 Å². The molecule has 4 N–H and O–H groups in total. The topological polar surface area (TPSA) is 120 Å². The molecule has 0 saturated heterocycles. The Bertz CT molecular complexity index is 712. The second-order valence-corrected chi connectivity index (χ2v) is 7.77. The third-order valence-corrected chi connectivity index (χ3v) is 5.19. The predicted octanol–water partition coefficient (Wildman–Crippen LogP) is 0.790. The third kappa shape index (κ3) is 6.31. The molecule has 1 aliphatic heterocycles. The second-order valence-electron chi connectivity index (χ2n) is 6.06. The molecule has 0 spiro atoms. The van der Waals surface area contributed by atoms with E-state index in [9.17, 15) is 13.2 Å². The first-order valence-electron chi connectivity index (χ1n) is 8.25. The van der Waals surface area contributed by atoms with Crippen molar-refractivity contribution in [3.05, 3.63) is 18.2 Å². The van der Waals surface area contributed by atoms with Gasteiger partial charge in [-0.05, 0) is 32.4 Å². The Morgan fingerprint density at radius 1 is 1.23 bits per heavy atom. The lowest BCUT2D eigenvalue weighted by atomic mass is 10.2. The molecule has 148 valence electrons. The number of nitrogens with one attached hydrogen (secondary N) is 2. The Morgan fingerprint density at radius 3 is 2.54 bits per heavy atom. The number of benzene rings is 1. The molecule has 2 rings (SSSR count). The fraction of sp³-hybridized carbons (Fsp3) is 0.562. The maximum Gasteiger partial charge on any atom is 0.241 e. The van der Waals surface area contributed by atoms with Gasteiger partial charge in [0.25, 0.3) is 0 Å². The van der Waals surface area contributed by atoms with E-state index in [0.29, 0.717) is 37.7 Å². The summed E-state index contributed by atoms with van der Waals surface area (Å²) in [7, 11) is -3.86. The average molecular weight is 408 g/mol. The number of hydrogen-bond donors (Lipinski definition) is 3. The summed E-state index contributed by atoms with van der Waals surface area (Å²) < 4.78 is 38.3. The monoisotopic (exact) mass is 407 g/mol. The van der Waals surface area contributed by atoms with Crippen molar-refractivity contribution in [2.75, 3.05) is 19.8 Å². The van der Waals surface area contributed by atoms with Gasteiger partial charge in [0.2, 0.25) is 15.9 Å². The van der Waals surface area contributed by atoms with E-state index in [-0.39, 0.29) is 23.3 Å². The number of nitrogens with two attached hydrogens (primary N) is 1. The average Bonchev–Trinajstić information content (AvgIpc) is 2.78. The van der Waals surface area contributed by atoms with Crippen LogP contribution in [0.2, 0.25) is 0 Å². The summed E-state index contributed by atoms with van der Waals surface area (Å²) in [4.78, 5) is 12.0. The standard InChI is InChI=1S/C16H25N3O5S.ClH/c1-11(17)6-7-18-16(20)12(2)19-25(21,22)13-4-5-14-15(10-13)24-9-3-8-23-14;/h4-5,10-12,19H,3,6-9,17H2,1-2H3,(H,18,20);1H. The van der Waals surface area contributed by atoms with Crippen molar-refractivity contribution in [1.29, 1.82) is 0 Å². The van der Waals surface area contributed by atoms with Crippen LogP contribution in [0.3, 0.4) is 0 Å². The van der Waals surface area contributed by atoms with Crippen LogP contribution in [0.1, 0.15) is 26.7 Å². The van der Waals surface area contributed by atoms with Gasteiger partial charge in [-0.25, -0.2) is 8.42 Å². The zero-order valence-corrected chi connectivity index (χ0v) is 16.5. The summed E-state index contributed by atoms with van der Waals surface area (Å²) in [6, 6.07) is 3.45. The Labute approximate surface area is 160 Å². The molecule has 1 heterocycles. The van der Waals surface area contributed by atoms with Crippen molar-refractivity contribution >= 4 is 28.3 Å². The van der Waals surface area contributed by atoms with Crippen molar-refractivity contribution in [1.82, 2.24) is 10.0 Å². The summed E-state index contributed by atoms with van der Waals surface area (Å²) in [6.45, 7) is 4.70. The Balaban J connectivity index is 0.00000338. The number of hydrogen-bond acceptors (Lipinski definition) is 6. The highest BCUT2D eigenvalue weighted by atomic mass is 35.5. The number of fused-ring (bicyclic) bond motifs is 1. The van der Waals surface area contributed by atoms with Gasteiger partial charge in [0.1, 0.15) is 0 Å². The molecule has 2 atom stereocenters. The first kappa shape index (κ1) is 22.5. The molecule has 1 aliphatic rings. The van der Waals surface area contributed by atoms with Crippen LogP contribution in [-0.2, 0) is 14.8 Å². The van der Waals surface area contributed by atoms with Gasteiger partial charge in [0, 0.05) is 25.1 Å². The molecule has 1 aromatic carbocycles. The molecule has 26 heavy (non-hydrogen) atoms. The lowest BCUT2D eigenvalue weighted by Crippen LogP contribution is -2.45. The minimum Gasteiger partial charge on any atom is -0.490 e. The Morgan fingerprint density at radius 2 is 1.88 bits per heavy atom. The van der Waals surface area contributed by atoms with Crippen LogP contribution in [0.5, 0.6) is 11.5 Å². The number of carbonyl (C=O) groups excluding carboxylic acids is 1. The minimum atomic E-state index is -3.86. The molecule has 2 unspecified atom stereocenters. The number of amides is 1. The normalized spacial score (nSPS) is 16.0. The van der Waals surface area contributed by atoms with Crippen LogP contribution >= 0.6 is 12.4 Å². The summed E-state index contributed by atoms with van der Waals surface area (Å²) in [5.74, 6) is 0.492. The summed E-state index contributed by atoms with van der Waals surface area (Å²) in [6.07, 6.45) is 1.35. The van der Waals surface area contributed by atoms with Crippen LogP contribution in [0.4, 0.5) is 0 Å². The molecule has 1 aromatic rings. The van der Waals surface area contributed by atoms with Gasteiger partial charge in [-0.2, -0.15) is 4.72 Å². The zero-order chi connectivity index (χ0) is 18.4. The first-order chi connectivity index (χ1) is 11.8. The van der Waals surface area contributed by atoms with Crippen LogP contribution < -0.4 is 25.2 Å². The number of carbonyl (C=O) groups is 1. The highest BCUT2D eigenvalue weighted by Crippen LogP contribution is 2.31. The maximum absolute atomic E-state index is 12.5. The van der Waals surface area contributed by atoms with Crippen molar-refractivity contribution in [2.45, 2.75) is 43.7 Å². The molecule has 0 bridgehead atoms. The fourth-order valence-electron chi connectivity index (χ4n) is 2.24. The van der Waals surface area contributed by atoms with Crippen LogP contribution in [0.15, 0.2) is 23.1 Å². The molecule has 10 heteroatoms. The molecule has 0 fully saturated rings. The van der Waals surface area contributed by atoms with E-state index in [4.69, 9.17) is 15.2 Å². The zero-order valence-electron chi connectivity index (χ0n) is 14.9. The van der Waals surface area contributed by atoms with Gasteiger partial charge < -0.3 is 20.5 Å². The maximum atomic E-state index is 12.5. The Kier molecular flexibility index (Phi) is 8.61. The number of rotatable bonds is 7. The number of sulfonamides is 1. The summed E-state index contributed by atoms with van der Waals surface area (Å²) in [5, 5.41) is 2.66. The summed E-state index contributed by atoms with van der Waals surface area (Å²) >= 11 is 0. The fourth-order valence-corrected chi connectivity index (χ4v) is 3.46. The van der Waals surface area contributed by atoms with Gasteiger partial charge in [0.15, 0.2) is 11.5 Å². The highest BCUT2D eigenvalue weighted by Gasteiger charge is 2.23. The van der Waals surface area contributed by atoms with E-state index < -0.39 is 22.0 Å². The van der Waals surface area contributed by atoms with E-state index >= 15 is 0 Å². The quantitative estimate of drug-likeness (QED) is 0.614. The highest BCUT2D eigenvalue weighted by molar-refractivity contribution is 7.89. The van der Waals surface area contributed by atoms with Crippen molar-refractivity contribution in [3.8, 4) is 11.5 Å². The van der Waals surface area contributed by atoms with E-state index in [1.165, 1.54) is 19.1 Å². The lowest BCUT2D eigenvalue weighted by molar-refractivity contribution is -0.122. The largest absolute Gasteiger partial charge is 0.490 e. The van der Waals surface area contributed by atoms with Gasteiger partial charge in [0.05, 0.1) is 24.2 Å².